The largest absolute Gasteiger partial charge is 0.308 e. The minimum atomic E-state index is 0.266. The maximum absolute atomic E-state index is 5.52. The average Bonchev–Trinajstić information content (AvgIpc) is 2.52. The molecule has 0 fully saturated rings. The summed E-state index contributed by atoms with van der Waals surface area (Å²) in [5.74, 6) is 0. The molecule has 0 aliphatic heterocycles. The molecule has 0 atom stereocenters. The zero-order valence-corrected chi connectivity index (χ0v) is 13.2. The molecule has 0 unspecified atom stereocenters. The lowest BCUT2D eigenvalue weighted by atomic mass is 10.2. The van der Waals surface area contributed by atoms with Crippen molar-refractivity contribution in [3.63, 3.8) is 0 Å². The number of imidazole rings is 1. The van der Waals surface area contributed by atoms with Crippen molar-refractivity contribution < 1.29 is 0 Å². The van der Waals surface area contributed by atoms with Gasteiger partial charge in [-0.15, -0.1) is 25.3 Å². The Morgan fingerprint density at radius 3 is 2.06 bits per heavy atom. The highest BCUT2D eigenvalue weighted by atomic mass is 32.1. The van der Waals surface area contributed by atoms with Gasteiger partial charge in [0.25, 0.3) is 0 Å². The normalized spacial score (nSPS) is 11.2. The molecule has 0 N–H and O–H groups in total. The molecule has 2 nitrogen and oxygen atoms in total. The lowest BCUT2D eigenvalue weighted by molar-refractivity contribution is 0.547. The Bertz CT molecular complexity index is 621. The highest BCUT2D eigenvalue weighted by Crippen LogP contribution is 2.28. The summed E-state index contributed by atoms with van der Waals surface area (Å²) in [4.78, 5) is 0. The summed E-state index contributed by atoms with van der Waals surface area (Å²) < 4.78 is 4.67. The van der Waals surface area contributed by atoms with Crippen LogP contribution in [0.2, 0.25) is 0 Å². The number of nitrogens with zero attached hydrogens (tertiary/aromatic N) is 2. The Hall–Kier alpha value is -0.650. The van der Waals surface area contributed by atoms with Crippen LogP contribution in [-0.2, 0) is 0 Å². The van der Waals surface area contributed by atoms with E-state index in [0.717, 1.165) is 20.5 Å². The van der Waals surface area contributed by atoms with E-state index in [9.17, 15) is 0 Å². The van der Waals surface area contributed by atoms with E-state index in [2.05, 4.69) is 58.2 Å². The Kier molecular flexibility index (Phi) is 3.94. The number of aromatic nitrogens is 2. The maximum Gasteiger partial charge on any atom is 0.186 e. The van der Waals surface area contributed by atoms with Gasteiger partial charge in [-0.05, 0) is 45.1 Å². The molecule has 1 aromatic carbocycles. The molecule has 0 aliphatic carbocycles. The van der Waals surface area contributed by atoms with Gasteiger partial charge in [-0.3, -0.25) is 4.57 Å². The van der Waals surface area contributed by atoms with Gasteiger partial charge in [-0.25, -0.2) is 0 Å². The molecular formula is C13H16N2S3. The smallest absolute Gasteiger partial charge is 0.186 e. The second-order valence-electron chi connectivity index (χ2n) is 4.56. The van der Waals surface area contributed by atoms with Gasteiger partial charge in [0.05, 0.1) is 0 Å². The van der Waals surface area contributed by atoms with Crippen molar-refractivity contribution in [2.24, 2.45) is 0 Å². The zero-order chi connectivity index (χ0) is 13.4. The van der Waals surface area contributed by atoms with Crippen LogP contribution in [0.5, 0.6) is 0 Å². The predicted octanol–water partition coefficient (Wildman–Crippen LogP) is 4.48. The average molecular weight is 296 g/mol. The van der Waals surface area contributed by atoms with Crippen molar-refractivity contribution in [1.29, 1.82) is 0 Å². The first kappa shape index (κ1) is 13.8. The molecule has 0 spiro atoms. The topological polar surface area (TPSA) is 9.86 Å². The fourth-order valence-corrected chi connectivity index (χ4v) is 3.27. The van der Waals surface area contributed by atoms with Crippen LogP contribution in [0.25, 0.3) is 5.69 Å². The summed E-state index contributed by atoms with van der Waals surface area (Å²) in [7, 11) is 0. The SMILES string of the molecule is Cc1ccc(-n2c(S)c(S)n(C(C)C)c2=S)cc1. The number of aryl methyl sites for hydroxylation is 1. The first-order valence-corrected chi connectivity index (χ1v) is 7.06. The van der Waals surface area contributed by atoms with Gasteiger partial charge >= 0.3 is 0 Å². The van der Waals surface area contributed by atoms with Crippen LogP contribution in [-0.4, -0.2) is 9.13 Å². The lowest BCUT2D eigenvalue weighted by Crippen LogP contribution is -2.03. The molecule has 1 aromatic heterocycles. The summed E-state index contributed by atoms with van der Waals surface area (Å²) >= 11 is 14.6. The van der Waals surface area contributed by atoms with E-state index in [-0.39, 0.29) is 6.04 Å². The quantitative estimate of drug-likeness (QED) is 0.614. The van der Waals surface area contributed by atoms with Crippen LogP contribution in [0, 0.1) is 11.7 Å². The number of hydrogen-bond donors (Lipinski definition) is 2. The van der Waals surface area contributed by atoms with Gasteiger partial charge in [0.15, 0.2) is 4.77 Å². The van der Waals surface area contributed by atoms with E-state index in [1.807, 2.05) is 21.3 Å². The number of benzene rings is 1. The van der Waals surface area contributed by atoms with Crippen molar-refractivity contribution in [3.05, 3.63) is 34.6 Å². The summed E-state index contributed by atoms with van der Waals surface area (Å²) in [5, 5.41) is 1.58. The second-order valence-corrected chi connectivity index (χ2v) is 5.78. The number of thiol groups is 2. The van der Waals surface area contributed by atoms with Gasteiger partial charge in [0.1, 0.15) is 10.1 Å². The molecule has 5 heteroatoms. The molecule has 0 saturated carbocycles. The molecule has 1 heterocycles. The molecule has 2 rings (SSSR count). The van der Waals surface area contributed by atoms with Crippen LogP contribution < -0.4 is 0 Å². The van der Waals surface area contributed by atoms with E-state index in [1.54, 1.807) is 0 Å². The van der Waals surface area contributed by atoms with Crippen molar-refractivity contribution >= 4 is 37.5 Å². The van der Waals surface area contributed by atoms with Crippen LogP contribution in [0.1, 0.15) is 25.5 Å². The van der Waals surface area contributed by atoms with Crippen LogP contribution in [0.4, 0.5) is 0 Å². The highest BCUT2D eigenvalue weighted by molar-refractivity contribution is 7.83. The van der Waals surface area contributed by atoms with Crippen molar-refractivity contribution in [2.75, 3.05) is 0 Å². The van der Waals surface area contributed by atoms with E-state index in [1.165, 1.54) is 5.56 Å². The standard InChI is InChI=1S/C13H16N2S3/c1-8(2)14-11(16)12(17)15(13(14)18)10-6-4-9(3)5-7-10/h4-8,16-17H,1-3H3. The summed E-state index contributed by atoms with van der Waals surface area (Å²) in [6, 6.07) is 8.48. The number of rotatable bonds is 2. The Balaban J connectivity index is 2.69. The minimum absolute atomic E-state index is 0.266. The fraction of sp³-hybridized carbons (Fsp3) is 0.308. The third-order valence-electron chi connectivity index (χ3n) is 2.85. The van der Waals surface area contributed by atoms with E-state index in [0.29, 0.717) is 0 Å². The lowest BCUT2D eigenvalue weighted by Gasteiger charge is -2.08. The molecule has 96 valence electrons. The van der Waals surface area contributed by atoms with Crippen molar-refractivity contribution in [2.45, 2.75) is 36.9 Å². The maximum atomic E-state index is 5.52. The molecule has 18 heavy (non-hydrogen) atoms. The monoisotopic (exact) mass is 296 g/mol. The molecule has 0 bridgehead atoms. The minimum Gasteiger partial charge on any atom is -0.308 e. The molecule has 0 radical (unpaired) electrons. The molecule has 2 aromatic rings. The fourth-order valence-electron chi connectivity index (χ4n) is 1.89. The van der Waals surface area contributed by atoms with E-state index < -0.39 is 0 Å². The zero-order valence-electron chi connectivity index (χ0n) is 10.6. The summed E-state index contributed by atoms with van der Waals surface area (Å²) in [6.07, 6.45) is 0. The van der Waals surface area contributed by atoms with Gasteiger partial charge in [0.2, 0.25) is 0 Å². The molecule has 0 amide bonds. The Labute approximate surface area is 123 Å². The third kappa shape index (κ3) is 2.27. The Morgan fingerprint density at radius 1 is 1.06 bits per heavy atom. The molecule has 0 aliphatic rings. The first-order chi connectivity index (χ1) is 8.43. The number of hydrogen-bond acceptors (Lipinski definition) is 3. The summed E-state index contributed by atoms with van der Waals surface area (Å²) in [6.45, 7) is 6.23. The van der Waals surface area contributed by atoms with Crippen LogP contribution in [0.15, 0.2) is 34.3 Å². The van der Waals surface area contributed by atoms with Crippen molar-refractivity contribution in [3.8, 4) is 5.69 Å². The third-order valence-corrected chi connectivity index (χ3v) is 4.24. The van der Waals surface area contributed by atoms with Crippen LogP contribution >= 0.6 is 37.5 Å². The van der Waals surface area contributed by atoms with Crippen LogP contribution in [0.3, 0.4) is 0 Å². The summed E-state index contributed by atoms with van der Waals surface area (Å²) in [5.41, 5.74) is 2.24. The van der Waals surface area contributed by atoms with Gasteiger partial charge in [-0.2, -0.15) is 0 Å². The Morgan fingerprint density at radius 2 is 1.61 bits per heavy atom. The van der Waals surface area contributed by atoms with Gasteiger partial charge in [0, 0.05) is 11.7 Å². The van der Waals surface area contributed by atoms with E-state index >= 15 is 0 Å². The second kappa shape index (κ2) is 5.15. The predicted molar refractivity (Wildman–Crippen MR) is 84.2 cm³/mol. The van der Waals surface area contributed by atoms with Crippen molar-refractivity contribution in [1.82, 2.24) is 9.13 Å². The molecular weight excluding hydrogens is 280 g/mol. The van der Waals surface area contributed by atoms with Gasteiger partial charge in [-0.1, -0.05) is 17.7 Å². The first-order valence-electron chi connectivity index (χ1n) is 5.75. The molecule has 0 saturated heterocycles. The highest BCUT2D eigenvalue weighted by Gasteiger charge is 2.15. The van der Waals surface area contributed by atoms with E-state index in [4.69, 9.17) is 12.2 Å². The van der Waals surface area contributed by atoms with Gasteiger partial charge < -0.3 is 4.57 Å².